The molecular formula is C42H33N3. The van der Waals surface area contributed by atoms with Crippen molar-refractivity contribution in [3.63, 3.8) is 0 Å². The van der Waals surface area contributed by atoms with E-state index in [4.69, 9.17) is 4.99 Å². The molecule has 0 radical (unpaired) electrons. The van der Waals surface area contributed by atoms with Gasteiger partial charge in [0.1, 0.15) is 18.2 Å². The largest absolute Gasteiger partial charge is 0.350 e. The number of benzene rings is 7. The molecule has 2 unspecified atom stereocenters. The fraction of sp³-hybridized carbons (Fsp3) is 0.119. The van der Waals surface area contributed by atoms with Gasteiger partial charge in [0.15, 0.2) is 0 Å². The number of nitrogens with zero attached hydrogens (tertiary/aromatic N) is 1. The van der Waals surface area contributed by atoms with Crippen LogP contribution in [0.4, 0.5) is 0 Å². The molecule has 0 amide bonds. The van der Waals surface area contributed by atoms with Gasteiger partial charge in [0.25, 0.3) is 0 Å². The van der Waals surface area contributed by atoms with Crippen molar-refractivity contribution < 1.29 is 0 Å². The van der Waals surface area contributed by atoms with Gasteiger partial charge in [-0.1, -0.05) is 135 Å². The van der Waals surface area contributed by atoms with E-state index in [9.17, 15) is 0 Å². The molecule has 3 nitrogen and oxygen atoms in total. The molecule has 0 saturated heterocycles. The van der Waals surface area contributed by atoms with Gasteiger partial charge in [-0.25, -0.2) is 4.99 Å². The van der Waals surface area contributed by atoms with Crippen molar-refractivity contribution in [2.75, 3.05) is 0 Å². The molecule has 7 aromatic carbocycles. The Morgan fingerprint density at radius 1 is 0.578 bits per heavy atom. The molecule has 1 aliphatic heterocycles. The van der Waals surface area contributed by atoms with Gasteiger partial charge in [-0.15, -0.1) is 0 Å². The first kappa shape index (κ1) is 26.2. The van der Waals surface area contributed by atoms with Crippen LogP contribution in [0.1, 0.15) is 54.0 Å². The average Bonchev–Trinajstić information content (AvgIpc) is 3.32. The van der Waals surface area contributed by atoms with E-state index in [-0.39, 0.29) is 17.7 Å². The van der Waals surface area contributed by atoms with Crippen LogP contribution in [-0.4, -0.2) is 5.84 Å². The van der Waals surface area contributed by atoms with Gasteiger partial charge in [0.05, 0.1) is 0 Å². The molecule has 45 heavy (non-hydrogen) atoms. The molecule has 0 aromatic heterocycles. The highest BCUT2D eigenvalue weighted by molar-refractivity contribution is 6.04. The summed E-state index contributed by atoms with van der Waals surface area (Å²) >= 11 is 0. The quantitative estimate of drug-likeness (QED) is 0.219. The molecule has 2 aliphatic rings. The number of amidine groups is 1. The third-order valence-corrected chi connectivity index (χ3v) is 9.90. The maximum Gasteiger partial charge on any atom is 0.131 e. The summed E-state index contributed by atoms with van der Waals surface area (Å²) < 4.78 is 0. The van der Waals surface area contributed by atoms with Crippen molar-refractivity contribution in [3.05, 3.63) is 167 Å². The predicted octanol–water partition coefficient (Wildman–Crippen LogP) is 9.79. The minimum absolute atomic E-state index is 0.111. The van der Waals surface area contributed by atoms with Gasteiger partial charge in [0, 0.05) is 16.5 Å². The number of rotatable bonds is 3. The van der Waals surface area contributed by atoms with E-state index in [0.717, 1.165) is 11.4 Å². The van der Waals surface area contributed by atoms with Crippen LogP contribution < -0.4 is 10.6 Å². The minimum Gasteiger partial charge on any atom is -0.350 e. The van der Waals surface area contributed by atoms with Gasteiger partial charge in [-0.05, 0) is 78.3 Å². The first-order chi connectivity index (χ1) is 22.0. The van der Waals surface area contributed by atoms with E-state index in [0.29, 0.717) is 0 Å². The van der Waals surface area contributed by atoms with Crippen molar-refractivity contribution in [2.45, 2.75) is 31.6 Å². The highest BCUT2D eigenvalue weighted by atomic mass is 15.3. The fourth-order valence-electron chi connectivity index (χ4n) is 7.58. The van der Waals surface area contributed by atoms with Gasteiger partial charge in [0.2, 0.25) is 0 Å². The van der Waals surface area contributed by atoms with Crippen LogP contribution in [0, 0.1) is 0 Å². The maximum atomic E-state index is 5.51. The fourth-order valence-corrected chi connectivity index (χ4v) is 7.58. The standard InChI is InChI=1S/C42H33N3/c1-42(2)35-18-10-9-17-34(35)37-36(42)25-30-15-7-8-16-33(30)38(37)41-44-39(31-21-19-26-11-3-5-13-28(26)23-31)43-40(45-41)32-22-20-27-12-4-6-14-29(27)24-32/h3-25,39,41,44H,1-2H3,(H,43,45). The first-order valence-corrected chi connectivity index (χ1v) is 15.8. The van der Waals surface area contributed by atoms with E-state index < -0.39 is 0 Å². The van der Waals surface area contributed by atoms with E-state index in [1.54, 1.807) is 0 Å². The normalized spacial score (nSPS) is 18.4. The third kappa shape index (κ3) is 4.12. The molecule has 216 valence electrons. The second-order valence-corrected chi connectivity index (χ2v) is 12.9. The number of hydrogen-bond donors (Lipinski definition) is 2. The predicted molar refractivity (Wildman–Crippen MR) is 188 cm³/mol. The Kier molecular flexibility index (Phi) is 5.75. The smallest absolute Gasteiger partial charge is 0.131 e. The van der Waals surface area contributed by atoms with Gasteiger partial charge < -0.3 is 5.32 Å². The van der Waals surface area contributed by atoms with E-state index in [2.05, 4.69) is 164 Å². The zero-order valence-corrected chi connectivity index (χ0v) is 25.4. The molecule has 7 aromatic rings. The van der Waals surface area contributed by atoms with E-state index in [1.807, 2.05) is 0 Å². The summed E-state index contributed by atoms with van der Waals surface area (Å²) in [5.41, 5.74) is 8.76. The molecule has 0 bridgehead atoms. The number of aliphatic imine (C=N–C) groups is 1. The summed E-state index contributed by atoms with van der Waals surface area (Å²) in [5, 5.41) is 15.2. The van der Waals surface area contributed by atoms with Crippen molar-refractivity contribution >= 4 is 38.2 Å². The van der Waals surface area contributed by atoms with Crippen LogP contribution in [0.2, 0.25) is 0 Å². The maximum absolute atomic E-state index is 5.51. The Labute approximate surface area is 263 Å². The van der Waals surface area contributed by atoms with E-state index in [1.165, 1.54) is 65.7 Å². The monoisotopic (exact) mass is 579 g/mol. The number of hydrogen-bond acceptors (Lipinski definition) is 3. The van der Waals surface area contributed by atoms with Crippen molar-refractivity contribution in [1.82, 2.24) is 10.6 Å². The molecular weight excluding hydrogens is 546 g/mol. The topological polar surface area (TPSA) is 36.4 Å². The lowest BCUT2D eigenvalue weighted by Crippen LogP contribution is -2.45. The van der Waals surface area contributed by atoms with Crippen LogP contribution in [0.15, 0.2) is 145 Å². The highest BCUT2D eigenvalue weighted by Gasteiger charge is 2.39. The van der Waals surface area contributed by atoms with Gasteiger partial charge in [-0.3, -0.25) is 5.32 Å². The zero-order valence-electron chi connectivity index (χ0n) is 25.4. The van der Waals surface area contributed by atoms with E-state index >= 15 is 0 Å². The van der Waals surface area contributed by atoms with Crippen molar-refractivity contribution in [3.8, 4) is 11.1 Å². The SMILES string of the molecule is CC1(C)c2ccccc2-c2c1cc1ccccc1c2C1N=C(c2ccc3ccccc3c2)NC(c2ccc3ccccc3c2)N1. The zero-order chi connectivity index (χ0) is 30.1. The molecule has 9 rings (SSSR count). The second kappa shape index (κ2) is 9.88. The Morgan fingerprint density at radius 2 is 1.22 bits per heavy atom. The third-order valence-electron chi connectivity index (χ3n) is 9.90. The Bertz CT molecular complexity index is 2330. The Hall–Kier alpha value is -5.25. The molecule has 1 heterocycles. The molecule has 0 fully saturated rings. The average molecular weight is 580 g/mol. The lowest BCUT2D eigenvalue weighted by molar-refractivity contribution is 0.411. The molecule has 0 spiro atoms. The minimum atomic E-state index is -0.272. The molecule has 1 aliphatic carbocycles. The first-order valence-electron chi connectivity index (χ1n) is 15.8. The number of fused-ring (bicyclic) bond motifs is 6. The summed E-state index contributed by atoms with van der Waals surface area (Å²) in [5.74, 6) is 0.898. The summed E-state index contributed by atoms with van der Waals surface area (Å²) in [6.45, 7) is 4.71. The van der Waals surface area contributed by atoms with Crippen LogP contribution >= 0.6 is 0 Å². The van der Waals surface area contributed by atoms with Crippen LogP contribution in [-0.2, 0) is 5.41 Å². The summed E-state index contributed by atoms with van der Waals surface area (Å²) in [6.07, 6.45) is -0.413. The highest BCUT2D eigenvalue weighted by Crippen LogP contribution is 2.53. The lowest BCUT2D eigenvalue weighted by atomic mass is 9.81. The lowest BCUT2D eigenvalue weighted by Gasteiger charge is -2.34. The van der Waals surface area contributed by atoms with Crippen LogP contribution in [0.25, 0.3) is 43.4 Å². The summed E-state index contributed by atoms with van der Waals surface area (Å²) in [4.78, 5) is 5.51. The molecule has 2 atom stereocenters. The van der Waals surface area contributed by atoms with Gasteiger partial charge >= 0.3 is 0 Å². The molecule has 3 heteroatoms. The molecule has 2 N–H and O–H groups in total. The van der Waals surface area contributed by atoms with Crippen molar-refractivity contribution in [1.29, 1.82) is 0 Å². The van der Waals surface area contributed by atoms with Crippen LogP contribution in [0.3, 0.4) is 0 Å². The summed E-state index contributed by atoms with van der Waals surface area (Å²) in [7, 11) is 0. The van der Waals surface area contributed by atoms with Crippen molar-refractivity contribution in [2.24, 2.45) is 4.99 Å². The van der Waals surface area contributed by atoms with Crippen LogP contribution in [0.5, 0.6) is 0 Å². The summed E-state index contributed by atoms with van der Waals surface area (Å²) in [6, 6.07) is 50.6. The number of nitrogens with one attached hydrogen (secondary N) is 2. The van der Waals surface area contributed by atoms with Gasteiger partial charge in [-0.2, -0.15) is 0 Å². The Morgan fingerprint density at radius 3 is 2.02 bits per heavy atom. The Balaban J connectivity index is 1.29. The second-order valence-electron chi connectivity index (χ2n) is 12.9. The molecule has 0 saturated carbocycles.